The van der Waals surface area contributed by atoms with E-state index in [0.29, 0.717) is 18.0 Å². The molecule has 104 valence electrons. The maximum absolute atomic E-state index is 11.3. The molecule has 1 fully saturated rings. The van der Waals surface area contributed by atoms with Crippen molar-refractivity contribution in [2.75, 3.05) is 13.1 Å². The first-order valence-corrected chi connectivity index (χ1v) is 7.26. The molecule has 0 spiro atoms. The van der Waals surface area contributed by atoms with Crippen molar-refractivity contribution in [3.63, 3.8) is 0 Å². The molecule has 0 bridgehead atoms. The van der Waals surface area contributed by atoms with E-state index in [1.54, 1.807) is 0 Å². The van der Waals surface area contributed by atoms with Crippen LogP contribution in [0, 0.1) is 0 Å². The Hall–Kier alpha value is -0.620. The molecule has 2 rings (SSSR count). The van der Waals surface area contributed by atoms with Crippen molar-refractivity contribution in [1.29, 1.82) is 0 Å². The maximum atomic E-state index is 11.3. The summed E-state index contributed by atoms with van der Waals surface area (Å²) in [5.74, 6) is -0.651. The molecule has 1 aliphatic heterocycles. The molecule has 19 heavy (non-hydrogen) atoms. The zero-order chi connectivity index (χ0) is 14.0. The highest BCUT2D eigenvalue weighted by Gasteiger charge is 2.38. The summed E-state index contributed by atoms with van der Waals surface area (Å²) in [4.78, 5) is 13.3. The summed E-state index contributed by atoms with van der Waals surface area (Å²) in [5, 5.41) is 10.8. The van der Waals surface area contributed by atoms with Gasteiger partial charge < -0.3 is 10.8 Å². The van der Waals surface area contributed by atoms with Gasteiger partial charge >= 0.3 is 0 Å². The number of nitrogens with two attached hydrogens (primary N) is 1. The highest BCUT2D eigenvalue weighted by Crippen LogP contribution is 2.26. The lowest BCUT2D eigenvalue weighted by Crippen LogP contribution is -2.55. The van der Waals surface area contributed by atoms with Crippen LogP contribution in [0.25, 0.3) is 0 Å². The van der Waals surface area contributed by atoms with E-state index in [2.05, 4.69) is 15.9 Å². The number of benzene rings is 1. The number of carbonyl (C=O) groups is 1. The van der Waals surface area contributed by atoms with E-state index in [4.69, 9.17) is 17.3 Å². The number of β-amino-alcohol motifs (C(OH)–C–C–N with tert-alkyl or cyclic N) is 1. The lowest BCUT2D eigenvalue weighted by atomic mass is 9.92. The van der Waals surface area contributed by atoms with Gasteiger partial charge in [-0.05, 0) is 43.1 Å². The third-order valence-electron chi connectivity index (χ3n) is 3.41. The standard InChI is InChI=1S/C13H16BrClN2O2/c14-11-3-2-10(15)6-9(11)7-17-5-1-4-13(19,8-17)12(16)18/h2-3,6,19H,1,4-5,7-8H2,(H2,16,18). The molecule has 0 saturated carbocycles. The summed E-state index contributed by atoms with van der Waals surface area (Å²) in [6.07, 6.45) is 1.17. The van der Waals surface area contributed by atoms with Gasteiger partial charge in [0, 0.05) is 22.6 Å². The fraction of sp³-hybridized carbons (Fsp3) is 0.462. The Morgan fingerprint density at radius 3 is 3.00 bits per heavy atom. The number of hydrogen-bond donors (Lipinski definition) is 2. The van der Waals surface area contributed by atoms with Crippen molar-refractivity contribution >= 4 is 33.4 Å². The van der Waals surface area contributed by atoms with Gasteiger partial charge in [-0.15, -0.1) is 0 Å². The normalized spacial score (nSPS) is 24.4. The number of piperidine rings is 1. The predicted molar refractivity (Wildman–Crippen MR) is 77.8 cm³/mol. The number of likely N-dealkylation sites (tertiary alicyclic amines) is 1. The third-order valence-corrected chi connectivity index (χ3v) is 4.42. The molecule has 1 saturated heterocycles. The lowest BCUT2D eigenvalue weighted by Gasteiger charge is -2.37. The molecule has 3 N–H and O–H groups in total. The minimum atomic E-state index is -1.41. The summed E-state index contributed by atoms with van der Waals surface area (Å²) in [6.45, 7) is 1.71. The Morgan fingerprint density at radius 1 is 1.58 bits per heavy atom. The predicted octanol–water partition coefficient (Wildman–Crippen LogP) is 1.91. The van der Waals surface area contributed by atoms with Crippen molar-refractivity contribution in [2.45, 2.75) is 25.0 Å². The van der Waals surface area contributed by atoms with Crippen LogP contribution < -0.4 is 5.73 Å². The molecule has 1 unspecified atom stereocenters. The molecule has 1 aliphatic rings. The van der Waals surface area contributed by atoms with Gasteiger partial charge in [0.1, 0.15) is 0 Å². The van der Waals surface area contributed by atoms with Gasteiger partial charge in [0.2, 0.25) is 0 Å². The van der Waals surface area contributed by atoms with Gasteiger partial charge in [-0.3, -0.25) is 9.69 Å². The smallest absolute Gasteiger partial charge is 0.250 e. The minimum absolute atomic E-state index is 0.265. The summed E-state index contributed by atoms with van der Waals surface area (Å²) >= 11 is 9.45. The van der Waals surface area contributed by atoms with Crippen LogP contribution in [0.15, 0.2) is 22.7 Å². The van der Waals surface area contributed by atoms with Gasteiger partial charge in [-0.25, -0.2) is 0 Å². The highest BCUT2D eigenvalue weighted by atomic mass is 79.9. The first-order chi connectivity index (χ1) is 8.90. The van der Waals surface area contributed by atoms with Crippen LogP contribution in [-0.4, -0.2) is 34.6 Å². The Bertz CT molecular complexity index is 498. The second-order valence-electron chi connectivity index (χ2n) is 4.95. The van der Waals surface area contributed by atoms with Crippen molar-refractivity contribution < 1.29 is 9.90 Å². The number of nitrogens with zero attached hydrogens (tertiary/aromatic N) is 1. The first-order valence-electron chi connectivity index (χ1n) is 6.09. The summed E-state index contributed by atoms with van der Waals surface area (Å²) in [6, 6.07) is 5.58. The quantitative estimate of drug-likeness (QED) is 0.878. The fourth-order valence-corrected chi connectivity index (χ4v) is 2.93. The third kappa shape index (κ3) is 3.48. The average molecular weight is 348 g/mol. The molecule has 0 aromatic heterocycles. The summed E-state index contributed by atoms with van der Waals surface area (Å²) < 4.78 is 0.963. The van der Waals surface area contributed by atoms with Crippen LogP contribution >= 0.6 is 27.5 Å². The highest BCUT2D eigenvalue weighted by molar-refractivity contribution is 9.10. The number of halogens is 2. The molecule has 0 aliphatic carbocycles. The first kappa shape index (κ1) is 14.8. The lowest BCUT2D eigenvalue weighted by molar-refractivity contribution is -0.142. The molecule has 1 heterocycles. The van der Waals surface area contributed by atoms with E-state index in [1.165, 1.54) is 0 Å². The zero-order valence-corrected chi connectivity index (χ0v) is 12.7. The number of carbonyl (C=O) groups excluding carboxylic acids is 1. The number of aliphatic hydroxyl groups is 1. The van der Waals surface area contributed by atoms with E-state index in [9.17, 15) is 9.90 Å². The second kappa shape index (κ2) is 5.79. The molecule has 1 aromatic carbocycles. The van der Waals surface area contributed by atoms with E-state index in [0.717, 1.165) is 23.0 Å². The Kier molecular flexibility index (Phi) is 4.50. The number of primary amides is 1. The van der Waals surface area contributed by atoms with Crippen LogP contribution in [0.4, 0.5) is 0 Å². The second-order valence-corrected chi connectivity index (χ2v) is 6.24. The monoisotopic (exact) mass is 346 g/mol. The molecule has 0 radical (unpaired) electrons. The molecular formula is C13H16BrClN2O2. The van der Waals surface area contributed by atoms with Gasteiger partial charge in [0.05, 0.1) is 0 Å². The van der Waals surface area contributed by atoms with Crippen molar-refractivity contribution in [2.24, 2.45) is 5.73 Å². The number of amides is 1. The van der Waals surface area contributed by atoms with Crippen LogP contribution in [0.1, 0.15) is 18.4 Å². The largest absolute Gasteiger partial charge is 0.379 e. The van der Waals surface area contributed by atoms with Crippen molar-refractivity contribution in [3.05, 3.63) is 33.3 Å². The molecule has 1 atom stereocenters. The van der Waals surface area contributed by atoms with Crippen LogP contribution in [-0.2, 0) is 11.3 Å². The molecule has 6 heteroatoms. The topological polar surface area (TPSA) is 66.6 Å². The number of hydrogen-bond acceptors (Lipinski definition) is 3. The van der Waals surface area contributed by atoms with Gasteiger partial charge in [0.15, 0.2) is 5.60 Å². The fourth-order valence-electron chi connectivity index (χ4n) is 2.36. The van der Waals surface area contributed by atoms with Gasteiger partial charge in [0.25, 0.3) is 5.91 Å². The van der Waals surface area contributed by atoms with Crippen molar-refractivity contribution in [3.8, 4) is 0 Å². The Labute approximate surface area is 125 Å². The maximum Gasteiger partial charge on any atom is 0.250 e. The van der Waals surface area contributed by atoms with Crippen LogP contribution in [0.5, 0.6) is 0 Å². The molecule has 4 nitrogen and oxygen atoms in total. The Balaban J connectivity index is 2.11. The van der Waals surface area contributed by atoms with E-state index in [1.807, 2.05) is 23.1 Å². The average Bonchev–Trinajstić information content (AvgIpc) is 2.34. The molecule has 1 amide bonds. The van der Waals surface area contributed by atoms with E-state index in [-0.39, 0.29) is 6.54 Å². The van der Waals surface area contributed by atoms with Crippen molar-refractivity contribution in [1.82, 2.24) is 4.90 Å². The van der Waals surface area contributed by atoms with Crippen LogP contribution in [0.2, 0.25) is 5.02 Å². The number of rotatable bonds is 3. The van der Waals surface area contributed by atoms with E-state index < -0.39 is 11.5 Å². The molecular weight excluding hydrogens is 332 g/mol. The summed E-state index contributed by atoms with van der Waals surface area (Å²) in [7, 11) is 0. The van der Waals surface area contributed by atoms with Gasteiger partial charge in [-0.1, -0.05) is 27.5 Å². The Morgan fingerprint density at radius 2 is 2.32 bits per heavy atom. The van der Waals surface area contributed by atoms with Gasteiger partial charge in [-0.2, -0.15) is 0 Å². The SMILES string of the molecule is NC(=O)C1(O)CCCN(Cc2cc(Cl)ccc2Br)C1. The van der Waals surface area contributed by atoms with Crippen LogP contribution in [0.3, 0.4) is 0 Å². The molecule has 1 aromatic rings. The minimum Gasteiger partial charge on any atom is -0.379 e. The summed E-state index contributed by atoms with van der Waals surface area (Å²) in [5.41, 5.74) is 4.88. The zero-order valence-electron chi connectivity index (χ0n) is 10.4. The van der Waals surface area contributed by atoms with E-state index >= 15 is 0 Å².